The highest BCUT2D eigenvalue weighted by molar-refractivity contribution is 7.99. The van der Waals surface area contributed by atoms with Crippen LogP contribution in [0.15, 0.2) is 9.95 Å². The summed E-state index contributed by atoms with van der Waals surface area (Å²) in [5.41, 5.74) is 4.51. The van der Waals surface area contributed by atoms with Crippen molar-refractivity contribution in [3.63, 3.8) is 0 Å². The molecular formula is C12H20N4O3S. The van der Waals surface area contributed by atoms with Crippen molar-refractivity contribution < 1.29 is 9.90 Å². The zero-order valence-electron chi connectivity index (χ0n) is 11.5. The second-order valence-electron chi connectivity index (χ2n) is 5.18. The molecule has 7 nitrogen and oxygen atoms in total. The van der Waals surface area contributed by atoms with E-state index >= 15 is 0 Å². The Kier molecular flexibility index (Phi) is 4.54. The molecule has 1 atom stereocenters. The third kappa shape index (κ3) is 3.24. The topological polar surface area (TPSA) is 114 Å². The van der Waals surface area contributed by atoms with Crippen molar-refractivity contribution in [3.05, 3.63) is 10.5 Å². The fraction of sp³-hybridized carbons (Fsp3) is 0.750. The number of nitrogens with two attached hydrogens (primary N) is 1. The van der Waals surface area contributed by atoms with Crippen LogP contribution in [0.25, 0.3) is 0 Å². The number of nitrogens with zero attached hydrogens (tertiary/aromatic N) is 2. The lowest BCUT2D eigenvalue weighted by Gasteiger charge is -2.22. The summed E-state index contributed by atoms with van der Waals surface area (Å²) in [7, 11) is 0. The second kappa shape index (κ2) is 6.01. The zero-order chi connectivity index (χ0) is 14.8. The molecule has 2 rings (SSSR count). The van der Waals surface area contributed by atoms with E-state index in [0.29, 0.717) is 30.2 Å². The summed E-state index contributed by atoms with van der Waals surface area (Å²) in [4.78, 5) is 22.7. The predicted molar refractivity (Wildman–Crippen MR) is 75.9 cm³/mol. The van der Waals surface area contributed by atoms with Crippen LogP contribution < -0.4 is 11.4 Å². The normalized spacial score (nSPS) is 17.9. The molecule has 0 spiro atoms. The molecule has 1 unspecified atom stereocenters. The summed E-state index contributed by atoms with van der Waals surface area (Å²) in [6, 6.07) is 0.284. The quantitative estimate of drug-likeness (QED) is 0.487. The van der Waals surface area contributed by atoms with Gasteiger partial charge in [-0.25, -0.2) is 9.89 Å². The Morgan fingerprint density at radius 3 is 2.90 bits per heavy atom. The summed E-state index contributed by atoms with van der Waals surface area (Å²) < 4.78 is 1.69. The van der Waals surface area contributed by atoms with Gasteiger partial charge in [0.2, 0.25) is 0 Å². The van der Waals surface area contributed by atoms with Crippen LogP contribution in [0.4, 0.5) is 0 Å². The molecule has 0 saturated heterocycles. The van der Waals surface area contributed by atoms with Crippen LogP contribution in [0.1, 0.15) is 45.1 Å². The van der Waals surface area contributed by atoms with Crippen LogP contribution >= 0.6 is 11.8 Å². The Labute approximate surface area is 120 Å². The van der Waals surface area contributed by atoms with Crippen LogP contribution in [0.5, 0.6) is 0 Å². The smallest absolute Gasteiger partial charge is 0.344 e. The summed E-state index contributed by atoms with van der Waals surface area (Å²) in [5.74, 6) is -0.261. The number of H-pyrrole nitrogens is 1. The highest BCUT2D eigenvalue weighted by atomic mass is 32.2. The number of aromatic nitrogens is 3. The fourth-order valence-corrected chi connectivity index (χ4v) is 2.99. The van der Waals surface area contributed by atoms with E-state index in [2.05, 4.69) is 10.2 Å². The molecule has 4 N–H and O–H groups in total. The van der Waals surface area contributed by atoms with Crippen LogP contribution in [0.2, 0.25) is 0 Å². The number of carboxylic acid groups (broad SMARTS) is 1. The van der Waals surface area contributed by atoms with Gasteiger partial charge in [0.25, 0.3) is 0 Å². The first-order chi connectivity index (χ1) is 9.48. The van der Waals surface area contributed by atoms with Crippen LogP contribution in [-0.2, 0) is 4.79 Å². The Morgan fingerprint density at radius 2 is 2.35 bits per heavy atom. The van der Waals surface area contributed by atoms with Crippen molar-refractivity contribution in [2.24, 2.45) is 5.73 Å². The second-order valence-corrected chi connectivity index (χ2v) is 6.24. The molecule has 1 aliphatic rings. The maximum Gasteiger partial charge on any atom is 0.344 e. The van der Waals surface area contributed by atoms with Gasteiger partial charge >= 0.3 is 11.7 Å². The van der Waals surface area contributed by atoms with Gasteiger partial charge < -0.3 is 10.8 Å². The SMILES string of the molecule is CCC(N)(CCCSc1n[nH]c(=O)n1C1CC1)C(=O)O. The summed E-state index contributed by atoms with van der Waals surface area (Å²) in [5, 5.41) is 16.2. The maximum absolute atomic E-state index is 11.6. The number of aromatic amines is 1. The average Bonchev–Trinajstić information content (AvgIpc) is 3.18. The molecule has 0 aliphatic heterocycles. The van der Waals surface area contributed by atoms with Gasteiger partial charge in [-0.05, 0) is 32.1 Å². The number of carboxylic acids is 1. The fourth-order valence-electron chi connectivity index (χ4n) is 2.03. The molecule has 112 valence electrons. The standard InChI is InChI=1S/C12H20N4O3S/c1-2-12(13,9(17)18)6-3-7-20-11-15-14-10(19)16(11)8-4-5-8/h8H,2-7,13H2,1H3,(H,14,19)(H,17,18). The van der Waals surface area contributed by atoms with Gasteiger partial charge in [0.05, 0.1) is 0 Å². The molecule has 1 heterocycles. The third-order valence-corrected chi connectivity index (χ3v) is 4.68. The van der Waals surface area contributed by atoms with Crippen molar-refractivity contribution >= 4 is 17.7 Å². The summed E-state index contributed by atoms with van der Waals surface area (Å²) in [6.45, 7) is 1.78. The predicted octanol–water partition coefficient (Wildman–Crippen LogP) is 0.971. The minimum absolute atomic E-state index is 0.165. The van der Waals surface area contributed by atoms with Gasteiger partial charge in [-0.2, -0.15) is 0 Å². The number of nitrogens with one attached hydrogen (secondary N) is 1. The van der Waals surface area contributed by atoms with Gasteiger partial charge in [0, 0.05) is 11.8 Å². The van der Waals surface area contributed by atoms with E-state index in [9.17, 15) is 9.59 Å². The van der Waals surface area contributed by atoms with E-state index < -0.39 is 11.5 Å². The largest absolute Gasteiger partial charge is 0.480 e. The number of hydrogen-bond donors (Lipinski definition) is 3. The summed E-state index contributed by atoms with van der Waals surface area (Å²) >= 11 is 1.47. The van der Waals surface area contributed by atoms with Gasteiger partial charge in [0.1, 0.15) is 5.54 Å². The number of rotatable bonds is 8. The number of hydrogen-bond acceptors (Lipinski definition) is 5. The minimum atomic E-state index is -1.15. The molecule has 8 heteroatoms. The first-order valence-corrected chi connectivity index (χ1v) is 7.78. The van der Waals surface area contributed by atoms with E-state index in [1.807, 2.05) is 0 Å². The van der Waals surface area contributed by atoms with Crippen molar-refractivity contribution in [2.75, 3.05) is 5.75 Å². The van der Waals surface area contributed by atoms with E-state index in [1.165, 1.54) is 11.8 Å². The molecule has 20 heavy (non-hydrogen) atoms. The molecule has 1 fully saturated rings. The van der Waals surface area contributed by atoms with Gasteiger partial charge in [-0.3, -0.25) is 9.36 Å². The number of thioether (sulfide) groups is 1. The maximum atomic E-state index is 11.6. The van der Waals surface area contributed by atoms with Crippen LogP contribution in [0, 0.1) is 0 Å². The minimum Gasteiger partial charge on any atom is -0.480 e. The van der Waals surface area contributed by atoms with Crippen molar-refractivity contribution in [3.8, 4) is 0 Å². The highest BCUT2D eigenvalue weighted by Crippen LogP contribution is 2.36. The molecule has 1 aromatic heterocycles. The number of carbonyl (C=O) groups is 1. The zero-order valence-corrected chi connectivity index (χ0v) is 12.3. The molecule has 1 saturated carbocycles. The third-order valence-electron chi connectivity index (χ3n) is 3.64. The first-order valence-electron chi connectivity index (χ1n) is 6.80. The molecule has 0 aromatic carbocycles. The molecule has 0 amide bonds. The van der Waals surface area contributed by atoms with Gasteiger partial charge in [-0.15, -0.1) is 5.10 Å². The first kappa shape index (κ1) is 15.1. The van der Waals surface area contributed by atoms with Crippen LogP contribution in [0.3, 0.4) is 0 Å². The van der Waals surface area contributed by atoms with E-state index in [0.717, 1.165) is 12.8 Å². The highest BCUT2D eigenvalue weighted by Gasteiger charge is 2.31. The molecular weight excluding hydrogens is 280 g/mol. The molecule has 0 radical (unpaired) electrons. The van der Waals surface area contributed by atoms with Crippen LogP contribution in [-0.4, -0.2) is 37.1 Å². The van der Waals surface area contributed by atoms with Gasteiger partial charge in [-0.1, -0.05) is 18.7 Å². The van der Waals surface area contributed by atoms with E-state index in [-0.39, 0.29) is 11.7 Å². The van der Waals surface area contributed by atoms with Crippen molar-refractivity contribution in [2.45, 2.75) is 55.8 Å². The lowest BCUT2D eigenvalue weighted by Crippen LogP contribution is -2.47. The number of aliphatic carboxylic acids is 1. The lowest BCUT2D eigenvalue weighted by atomic mass is 9.92. The Hall–Kier alpha value is -1.28. The van der Waals surface area contributed by atoms with Crippen molar-refractivity contribution in [1.29, 1.82) is 0 Å². The van der Waals surface area contributed by atoms with E-state index in [1.54, 1.807) is 11.5 Å². The monoisotopic (exact) mass is 300 g/mol. The van der Waals surface area contributed by atoms with E-state index in [4.69, 9.17) is 10.8 Å². The van der Waals surface area contributed by atoms with Crippen molar-refractivity contribution in [1.82, 2.24) is 14.8 Å². The molecule has 0 bridgehead atoms. The Balaban J connectivity index is 1.85. The Bertz CT molecular complexity index is 537. The molecule has 1 aromatic rings. The van der Waals surface area contributed by atoms with Gasteiger partial charge in [0.15, 0.2) is 5.16 Å². The molecule has 1 aliphatic carbocycles. The lowest BCUT2D eigenvalue weighted by molar-refractivity contribution is -0.143. The Morgan fingerprint density at radius 1 is 1.65 bits per heavy atom. The summed E-state index contributed by atoms with van der Waals surface area (Å²) in [6.07, 6.45) is 3.54. The average molecular weight is 300 g/mol.